The first-order valence-electron chi connectivity index (χ1n) is 5.97. The van der Waals surface area contributed by atoms with E-state index in [1.165, 1.54) is 6.33 Å². The molecule has 0 radical (unpaired) electrons. The summed E-state index contributed by atoms with van der Waals surface area (Å²) in [5.41, 5.74) is 2.22. The Morgan fingerprint density at radius 1 is 1.33 bits per heavy atom. The molecule has 1 heterocycles. The van der Waals surface area contributed by atoms with E-state index in [0.29, 0.717) is 10.6 Å². The van der Waals surface area contributed by atoms with E-state index in [1.807, 2.05) is 12.1 Å². The Morgan fingerprint density at radius 3 is 2.61 bits per heavy atom. The summed E-state index contributed by atoms with van der Waals surface area (Å²) < 4.78 is 0. The molecule has 1 atom stereocenters. The van der Waals surface area contributed by atoms with Crippen LogP contribution in [0.15, 0.2) is 35.4 Å². The molecule has 3 nitrogen and oxygen atoms in total. The molecule has 0 aliphatic rings. The first-order chi connectivity index (χ1) is 8.63. The second-order valence-electron chi connectivity index (χ2n) is 4.31. The van der Waals surface area contributed by atoms with Crippen molar-refractivity contribution < 1.29 is 0 Å². The molecule has 0 bridgehead atoms. The predicted octanol–water partition coefficient (Wildman–Crippen LogP) is 3.60. The normalized spacial score (nSPS) is 12.4. The van der Waals surface area contributed by atoms with Gasteiger partial charge in [-0.25, -0.2) is 4.98 Å². The molecule has 1 aromatic heterocycles. The van der Waals surface area contributed by atoms with Crippen LogP contribution in [-0.4, -0.2) is 9.97 Å². The Bertz CT molecular complexity index is 589. The first-order valence-corrected chi connectivity index (χ1v) is 6.34. The van der Waals surface area contributed by atoms with Gasteiger partial charge in [0.1, 0.15) is 0 Å². The number of H-pyrrole nitrogens is 1. The van der Waals surface area contributed by atoms with Gasteiger partial charge in [0, 0.05) is 5.02 Å². The average molecular weight is 263 g/mol. The predicted molar refractivity (Wildman–Crippen MR) is 74.0 cm³/mol. The van der Waals surface area contributed by atoms with E-state index in [1.54, 1.807) is 12.1 Å². The molecule has 18 heavy (non-hydrogen) atoms. The lowest BCUT2D eigenvalue weighted by Gasteiger charge is -2.12. The number of rotatable bonds is 3. The van der Waals surface area contributed by atoms with Crippen molar-refractivity contribution >= 4 is 11.6 Å². The van der Waals surface area contributed by atoms with Crippen LogP contribution < -0.4 is 5.56 Å². The van der Waals surface area contributed by atoms with Gasteiger partial charge in [-0.2, -0.15) is 0 Å². The van der Waals surface area contributed by atoms with Gasteiger partial charge in [-0.15, -0.1) is 0 Å². The van der Waals surface area contributed by atoms with Gasteiger partial charge in [-0.1, -0.05) is 37.6 Å². The highest BCUT2D eigenvalue weighted by Gasteiger charge is 2.15. The Kier molecular flexibility index (Phi) is 3.82. The van der Waals surface area contributed by atoms with E-state index in [2.05, 4.69) is 23.8 Å². The van der Waals surface area contributed by atoms with E-state index in [0.717, 1.165) is 17.7 Å². The van der Waals surface area contributed by atoms with Crippen molar-refractivity contribution in [3.63, 3.8) is 0 Å². The Labute approximate surface area is 111 Å². The summed E-state index contributed by atoms with van der Waals surface area (Å²) in [5, 5.41) is 0.657. The molecule has 4 heteroatoms. The topological polar surface area (TPSA) is 45.8 Å². The molecule has 2 aromatic rings. The molecule has 0 aliphatic carbocycles. The molecule has 94 valence electrons. The molecule has 0 aliphatic heterocycles. The number of hydrogen-bond acceptors (Lipinski definition) is 2. The Morgan fingerprint density at radius 2 is 2.00 bits per heavy atom. The molecule has 0 amide bonds. The van der Waals surface area contributed by atoms with Crippen molar-refractivity contribution in [3.05, 3.63) is 51.7 Å². The smallest absolute Gasteiger partial charge is 0.258 e. The van der Waals surface area contributed by atoms with Crippen LogP contribution >= 0.6 is 11.6 Å². The Hall–Kier alpha value is -1.61. The summed E-state index contributed by atoms with van der Waals surface area (Å²) >= 11 is 5.87. The van der Waals surface area contributed by atoms with Crippen molar-refractivity contribution in [2.45, 2.75) is 26.2 Å². The van der Waals surface area contributed by atoms with Gasteiger partial charge in [-0.3, -0.25) is 4.79 Å². The number of aromatic amines is 1. The minimum absolute atomic E-state index is 0.109. The molecule has 1 aromatic carbocycles. The maximum absolute atomic E-state index is 12.0. The third kappa shape index (κ3) is 2.46. The van der Waals surface area contributed by atoms with Crippen LogP contribution in [-0.2, 0) is 0 Å². The highest BCUT2D eigenvalue weighted by atomic mass is 35.5. The molecule has 2 rings (SSSR count). The van der Waals surface area contributed by atoms with Gasteiger partial charge >= 0.3 is 0 Å². The van der Waals surface area contributed by atoms with Crippen LogP contribution in [0.1, 0.15) is 31.9 Å². The fourth-order valence-electron chi connectivity index (χ4n) is 1.88. The van der Waals surface area contributed by atoms with Crippen LogP contribution in [0.3, 0.4) is 0 Å². The van der Waals surface area contributed by atoms with Crippen molar-refractivity contribution in [2.24, 2.45) is 0 Å². The quantitative estimate of drug-likeness (QED) is 0.919. The van der Waals surface area contributed by atoms with Crippen molar-refractivity contribution in [1.29, 1.82) is 0 Å². The van der Waals surface area contributed by atoms with Gasteiger partial charge in [-0.05, 0) is 30.0 Å². The maximum Gasteiger partial charge on any atom is 0.258 e. The van der Waals surface area contributed by atoms with Crippen LogP contribution in [0, 0.1) is 0 Å². The largest absolute Gasteiger partial charge is 0.313 e. The minimum Gasteiger partial charge on any atom is -0.313 e. The van der Waals surface area contributed by atoms with Crippen molar-refractivity contribution in [1.82, 2.24) is 9.97 Å². The monoisotopic (exact) mass is 262 g/mol. The lowest BCUT2D eigenvalue weighted by molar-refractivity contribution is 0.704. The number of nitrogens with zero attached hydrogens (tertiary/aromatic N) is 1. The zero-order valence-electron chi connectivity index (χ0n) is 10.4. The van der Waals surface area contributed by atoms with E-state index in [9.17, 15) is 4.79 Å². The summed E-state index contributed by atoms with van der Waals surface area (Å²) in [6.45, 7) is 4.15. The maximum atomic E-state index is 12.0. The molecular weight excluding hydrogens is 248 g/mol. The summed E-state index contributed by atoms with van der Waals surface area (Å²) in [5.74, 6) is 0.248. The standard InChI is InChI=1S/C14H15ClN2O/c1-3-9(2)13-12(14(18)17-8-16-13)10-4-6-11(15)7-5-10/h4-9H,3H2,1-2H3,(H,16,17,18). The van der Waals surface area contributed by atoms with E-state index in [4.69, 9.17) is 11.6 Å². The van der Waals surface area contributed by atoms with Crippen LogP contribution in [0.5, 0.6) is 0 Å². The number of aromatic nitrogens is 2. The summed E-state index contributed by atoms with van der Waals surface area (Å²) in [6.07, 6.45) is 2.40. The first kappa shape index (κ1) is 12.8. The highest BCUT2D eigenvalue weighted by Crippen LogP contribution is 2.26. The van der Waals surface area contributed by atoms with Gasteiger partial charge in [0.15, 0.2) is 0 Å². The number of halogens is 1. The van der Waals surface area contributed by atoms with E-state index < -0.39 is 0 Å². The molecule has 0 saturated carbocycles. The molecular formula is C14H15ClN2O. The molecule has 1 unspecified atom stereocenters. The number of nitrogens with one attached hydrogen (secondary N) is 1. The molecule has 1 N–H and O–H groups in total. The second-order valence-corrected chi connectivity index (χ2v) is 4.74. The average Bonchev–Trinajstić information content (AvgIpc) is 2.39. The second kappa shape index (κ2) is 5.36. The third-order valence-corrected chi connectivity index (χ3v) is 3.35. The van der Waals surface area contributed by atoms with Crippen LogP contribution in [0.2, 0.25) is 5.02 Å². The number of hydrogen-bond donors (Lipinski definition) is 1. The lowest BCUT2D eigenvalue weighted by Crippen LogP contribution is -2.14. The Balaban J connectivity index is 2.62. The summed E-state index contributed by atoms with van der Waals surface area (Å²) in [4.78, 5) is 19.0. The third-order valence-electron chi connectivity index (χ3n) is 3.09. The van der Waals surface area contributed by atoms with Gasteiger partial charge < -0.3 is 4.98 Å². The SMILES string of the molecule is CCC(C)c1nc[nH]c(=O)c1-c1ccc(Cl)cc1. The van der Waals surface area contributed by atoms with E-state index in [-0.39, 0.29) is 11.5 Å². The highest BCUT2D eigenvalue weighted by molar-refractivity contribution is 6.30. The summed E-state index contributed by atoms with van der Waals surface area (Å²) in [6, 6.07) is 7.26. The fourth-order valence-corrected chi connectivity index (χ4v) is 2.00. The van der Waals surface area contributed by atoms with Crippen molar-refractivity contribution in [2.75, 3.05) is 0 Å². The number of benzene rings is 1. The van der Waals surface area contributed by atoms with E-state index >= 15 is 0 Å². The van der Waals surface area contributed by atoms with Crippen LogP contribution in [0.4, 0.5) is 0 Å². The van der Waals surface area contributed by atoms with Gasteiger partial charge in [0.05, 0.1) is 17.6 Å². The molecule has 0 fully saturated rings. The lowest BCUT2D eigenvalue weighted by atomic mass is 9.96. The van der Waals surface area contributed by atoms with Crippen LogP contribution in [0.25, 0.3) is 11.1 Å². The minimum atomic E-state index is -0.109. The van der Waals surface area contributed by atoms with Crippen molar-refractivity contribution in [3.8, 4) is 11.1 Å². The van der Waals surface area contributed by atoms with Gasteiger partial charge in [0.25, 0.3) is 5.56 Å². The fraction of sp³-hybridized carbons (Fsp3) is 0.286. The summed E-state index contributed by atoms with van der Waals surface area (Å²) in [7, 11) is 0. The van der Waals surface area contributed by atoms with Gasteiger partial charge in [0.2, 0.25) is 0 Å². The zero-order chi connectivity index (χ0) is 13.1. The molecule has 0 saturated heterocycles. The molecule has 0 spiro atoms. The zero-order valence-corrected chi connectivity index (χ0v) is 11.2.